The molecule has 1 rings (SSSR count). The number of rotatable bonds is 6. The molecule has 0 saturated carbocycles. The lowest BCUT2D eigenvalue weighted by Gasteiger charge is -2.25. The third-order valence-corrected chi connectivity index (χ3v) is 3.60. The molecule has 0 aliphatic heterocycles. The summed E-state index contributed by atoms with van der Waals surface area (Å²) in [5.41, 5.74) is 1.90. The molecule has 1 N–H and O–H groups in total. The van der Waals surface area contributed by atoms with Crippen molar-refractivity contribution >= 4 is 0 Å². The molecule has 0 unspecified atom stereocenters. The van der Waals surface area contributed by atoms with Crippen LogP contribution in [0.25, 0.3) is 0 Å². The molecule has 3 nitrogen and oxygen atoms in total. The fourth-order valence-electron chi connectivity index (χ4n) is 2.47. The normalized spacial score (nSPS) is 11.5. The Morgan fingerprint density at radius 1 is 1.28 bits per heavy atom. The van der Waals surface area contributed by atoms with E-state index in [4.69, 9.17) is 5.26 Å². The van der Waals surface area contributed by atoms with Gasteiger partial charge in [0.15, 0.2) is 0 Å². The highest BCUT2D eigenvalue weighted by Crippen LogP contribution is 2.19. The van der Waals surface area contributed by atoms with E-state index >= 15 is 0 Å². The van der Waals surface area contributed by atoms with Crippen molar-refractivity contribution in [3.8, 4) is 6.07 Å². The Bertz CT molecular complexity index is 402. The molecule has 0 amide bonds. The molecule has 100 valence electrons. The Hall–Kier alpha value is -1.27. The van der Waals surface area contributed by atoms with E-state index in [1.54, 1.807) is 0 Å². The minimum absolute atomic E-state index is 0.697. The highest BCUT2D eigenvalue weighted by Gasteiger charge is 2.16. The van der Waals surface area contributed by atoms with Crippen LogP contribution in [0.1, 0.15) is 39.0 Å². The van der Waals surface area contributed by atoms with Crippen LogP contribution in [0.15, 0.2) is 12.3 Å². The summed E-state index contributed by atoms with van der Waals surface area (Å²) in [6, 6.07) is 4.14. The molecule has 0 aromatic carbocycles. The molecule has 0 bridgehead atoms. The smallest absolute Gasteiger partial charge is 0.120 e. The van der Waals surface area contributed by atoms with Crippen molar-refractivity contribution in [1.82, 2.24) is 9.88 Å². The van der Waals surface area contributed by atoms with E-state index in [9.17, 15) is 0 Å². The number of hydrogen-bond donors (Lipinski definition) is 1. The van der Waals surface area contributed by atoms with Gasteiger partial charge in [0.2, 0.25) is 0 Å². The Morgan fingerprint density at radius 3 is 2.33 bits per heavy atom. The van der Waals surface area contributed by atoms with E-state index in [0.717, 1.165) is 18.8 Å². The van der Waals surface area contributed by atoms with Gasteiger partial charge in [-0.15, -0.1) is 0 Å². The lowest BCUT2D eigenvalue weighted by molar-refractivity contribution is 0.275. The third kappa shape index (κ3) is 3.89. The maximum Gasteiger partial charge on any atom is 0.120 e. The van der Waals surface area contributed by atoms with Gasteiger partial charge in [-0.3, -0.25) is 0 Å². The minimum Gasteiger partial charge on any atom is -0.342 e. The quantitative estimate of drug-likeness (QED) is 0.839. The second-order valence-electron chi connectivity index (χ2n) is 5.74. The second kappa shape index (κ2) is 6.61. The van der Waals surface area contributed by atoms with Gasteiger partial charge in [0.1, 0.15) is 11.8 Å². The average Bonchev–Trinajstić information content (AvgIpc) is 2.64. The van der Waals surface area contributed by atoms with Crippen molar-refractivity contribution in [2.75, 3.05) is 6.54 Å². The minimum atomic E-state index is 0.697. The van der Waals surface area contributed by atoms with Crippen molar-refractivity contribution in [3.63, 3.8) is 0 Å². The zero-order valence-corrected chi connectivity index (χ0v) is 12.2. The standard InChI is InChI=1S/C15H25N3/c1-11(2)15(12(3)4)9-17-8-13-6-14(7-16)18(5)10-13/h6,10-12,15,17H,8-9H2,1-5H3. The van der Waals surface area contributed by atoms with Crippen LogP contribution in [-0.2, 0) is 13.6 Å². The molecule has 0 saturated heterocycles. The van der Waals surface area contributed by atoms with Crippen LogP contribution in [0.2, 0.25) is 0 Å². The molecule has 1 heterocycles. The first kappa shape index (κ1) is 14.8. The summed E-state index contributed by atoms with van der Waals surface area (Å²) < 4.78 is 1.87. The van der Waals surface area contributed by atoms with Crippen molar-refractivity contribution in [2.45, 2.75) is 34.2 Å². The second-order valence-corrected chi connectivity index (χ2v) is 5.74. The van der Waals surface area contributed by atoms with Gasteiger partial charge in [-0.2, -0.15) is 5.26 Å². The number of nitrogens with zero attached hydrogens (tertiary/aromatic N) is 2. The molecule has 1 aromatic heterocycles. The predicted molar refractivity (Wildman–Crippen MR) is 75.0 cm³/mol. The van der Waals surface area contributed by atoms with Gasteiger partial charge >= 0.3 is 0 Å². The van der Waals surface area contributed by atoms with Gasteiger partial charge in [0.25, 0.3) is 0 Å². The van der Waals surface area contributed by atoms with Crippen LogP contribution in [0.4, 0.5) is 0 Å². The molecule has 3 heteroatoms. The summed E-state index contributed by atoms with van der Waals surface area (Å²) in [7, 11) is 1.91. The van der Waals surface area contributed by atoms with Gasteiger partial charge in [-0.05, 0) is 35.9 Å². The van der Waals surface area contributed by atoms with Crippen LogP contribution in [0, 0.1) is 29.1 Å². The van der Waals surface area contributed by atoms with Crippen LogP contribution in [-0.4, -0.2) is 11.1 Å². The largest absolute Gasteiger partial charge is 0.342 e. The molecule has 1 aromatic rings. The number of hydrogen-bond acceptors (Lipinski definition) is 2. The van der Waals surface area contributed by atoms with E-state index in [-0.39, 0.29) is 0 Å². The van der Waals surface area contributed by atoms with E-state index < -0.39 is 0 Å². The van der Waals surface area contributed by atoms with Gasteiger partial charge in [-0.25, -0.2) is 0 Å². The molecule has 0 spiro atoms. The number of nitriles is 1. The van der Waals surface area contributed by atoms with Crippen LogP contribution >= 0.6 is 0 Å². The molecular weight excluding hydrogens is 222 g/mol. The van der Waals surface area contributed by atoms with E-state index in [1.165, 1.54) is 5.56 Å². The molecule has 0 aliphatic rings. The molecule has 0 fully saturated rings. The Morgan fingerprint density at radius 2 is 1.89 bits per heavy atom. The first-order chi connectivity index (χ1) is 8.45. The zero-order chi connectivity index (χ0) is 13.7. The van der Waals surface area contributed by atoms with Crippen molar-refractivity contribution in [1.29, 1.82) is 5.26 Å². The summed E-state index contributed by atoms with van der Waals surface area (Å²) in [6.07, 6.45) is 2.02. The van der Waals surface area contributed by atoms with Crippen molar-refractivity contribution < 1.29 is 0 Å². The highest BCUT2D eigenvalue weighted by molar-refractivity contribution is 5.28. The first-order valence-corrected chi connectivity index (χ1v) is 6.71. The van der Waals surface area contributed by atoms with E-state index in [0.29, 0.717) is 17.8 Å². The summed E-state index contributed by atoms with van der Waals surface area (Å²) in [5.74, 6) is 2.09. The van der Waals surface area contributed by atoms with Crippen molar-refractivity contribution in [3.05, 3.63) is 23.5 Å². The molecule has 18 heavy (non-hydrogen) atoms. The Labute approximate surface area is 111 Å². The van der Waals surface area contributed by atoms with Gasteiger partial charge < -0.3 is 9.88 Å². The predicted octanol–water partition coefficient (Wildman–Crippen LogP) is 2.91. The molecule has 0 radical (unpaired) electrons. The van der Waals surface area contributed by atoms with Gasteiger partial charge in [0.05, 0.1) is 0 Å². The fourth-order valence-corrected chi connectivity index (χ4v) is 2.47. The van der Waals surface area contributed by atoms with Crippen LogP contribution < -0.4 is 5.32 Å². The van der Waals surface area contributed by atoms with E-state index in [1.807, 2.05) is 23.9 Å². The maximum absolute atomic E-state index is 8.90. The average molecular weight is 247 g/mol. The first-order valence-electron chi connectivity index (χ1n) is 6.71. The summed E-state index contributed by atoms with van der Waals surface area (Å²) in [5, 5.41) is 12.4. The summed E-state index contributed by atoms with van der Waals surface area (Å²) in [6.45, 7) is 11.0. The third-order valence-electron chi connectivity index (χ3n) is 3.60. The highest BCUT2D eigenvalue weighted by atomic mass is 14.9. The lowest BCUT2D eigenvalue weighted by atomic mass is 9.85. The Kier molecular flexibility index (Phi) is 5.43. The molecule has 0 aliphatic carbocycles. The summed E-state index contributed by atoms with van der Waals surface area (Å²) >= 11 is 0. The number of aryl methyl sites for hydroxylation is 1. The molecule has 0 atom stereocenters. The SMILES string of the molecule is CC(C)C(CNCc1cc(C#N)n(C)c1)C(C)C. The number of aromatic nitrogens is 1. The van der Waals surface area contributed by atoms with Crippen LogP contribution in [0.5, 0.6) is 0 Å². The summed E-state index contributed by atoms with van der Waals surface area (Å²) in [4.78, 5) is 0. The van der Waals surface area contributed by atoms with E-state index in [2.05, 4.69) is 39.1 Å². The van der Waals surface area contributed by atoms with Gasteiger partial charge in [-0.1, -0.05) is 27.7 Å². The van der Waals surface area contributed by atoms with Gasteiger partial charge in [0, 0.05) is 19.8 Å². The Balaban J connectivity index is 2.48. The maximum atomic E-state index is 8.90. The van der Waals surface area contributed by atoms with Crippen molar-refractivity contribution in [2.24, 2.45) is 24.8 Å². The fraction of sp³-hybridized carbons (Fsp3) is 0.667. The van der Waals surface area contributed by atoms with Crippen LogP contribution in [0.3, 0.4) is 0 Å². The molecular formula is C15H25N3. The topological polar surface area (TPSA) is 40.8 Å². The monoisotopic (exact) mass is 247 g/mol. The zero-order valence-electron chi connectivity index (χ0n) is 12.2. The number of nitrogens with one attached hydrogen (secondary N) is 1. The lowest BCUT2D eigenvalue weighted by Crippen LogP contribution is -2.29.